The van der Waals surface area contributed by atoms with Gasteiger partial charge in [-0.1, -0.05) is 0 Å². The average molecular weight is 351 g/mol. The van der Waals surface area contributed by atoms with E-state index in [1.54, 1.807) is 27.7 Å². The zero-order chi connectivity index (χ0) is 19.2. The number of carbonyl (C=O) groups excluding carboxylic acids is 1. The van der Waals surface area contributed by atoms with Crippen molar-refractivity contribution >= 4 is 24.4 Å². The number of hydrogen-bond donors (Lipinski definition) is 1. The Balaban J connectivity index is 2.31. The van der Waals surface area contributed by atoms with Crippen LogP contribution in [0, 0.1) is 12.7 Å². The fraction of sp³-hybridized carbons (Fsp3) is 0.611. The van der Waals surface area contributed by atoms with E-state index in [0.29, 0.717) is 16.7 Å². The number of nitrogens with one attached hydrogen (secondary N) is 1. The summed E-state index contributed by atoms with van der Waals surface area (Å²) in [5.74, 6) is -0.485. The van der Waals surface area contributed by atoms with Gasteiger partial charge in [0.05, 0.1) is 11.2 Å². The minimum absolute atomic E-state index is 0.332. The monoisotopic (exact) mass is 351 g/mol. The average Bonchev–Trinajstić information content (AvgIpc) is 2.60. The van der Waals surface area contributed by atoms with Gasteiger partial charge in [0.2, 0.25) is 0 Å². The second kappa shape index (κ2) is 6.29. The van der Waals surface area contributed by atoms with Crippen molar-refractivity contribution in [3.05, 3.63) is 23.5 Å². The van der Waals surface area contributed by atoms with Crippen molar-refractivity contribution < 1.29 is 23.2 Å². The second-order valence-corrected chi connectivity index (χ2v) is 8.38. The molecule has 0 unspecified atom stereocenters. The number of carbonyl (C=O) groups is 1. The molecular weight excluding hydrogens is 324 g/mol. The summed E-state index contributed by atoms with van der Waals surface area (Å²) in [6.07, 6.45) is -0.638. The van der Waals surface area contributed by atoms with Crippen LogP contribution < -0.4 is 10.8 Å². The van der Waals surface area contributed by atoms with Crippen LogP contribution in [-0.2, 0) is 14.0 Å². The third-order valence-electron chi connectivity index (χ3n) is 4.56. The van der Waals surface area contributed by atoms with E-state index >= 15 is 0 Å². The minimum atomic E-state index is -0.708. The zero-order valence-electron chi connectivity index (χ0n) is 16.2. The van der Waals surface area contributed by atoms with E-state index in [0.717, 1.165) is 0 Å². The number of benzene rings is 1. The second-order valence-electron chi connectivity index (χ2n) is 8.38. The van der Waals surface area contributed by atoms with Gasteiger partial charge in [-0.25, -0.2) is 9.18 Å². The molecule has 138 valence electrons. The quantitative estimate of drug-likeness (QED) is 0.824. The third-order valence-corrected chi connectivity index (χ3v) is 4.56. The maximum absolute atomic E-state index is 14.1. The molecule has 1 N–H and O–H groups in total. The van der Waals surface area contributed by atoms with E-state index in [-0.39, 0.29) is 0 Å². The van der Waals surface area contributed by atoms with Gasteiger partial charge in [0, 0.05) is 5.69 Å². The fourth-order valence-corrected chi connectivity index (χ4v) is 2.46. The summed E-state index contributed by atoms with van der Waals surface area (Å²) in [5, 5.41) is 2.60. The molecule has 1 aliphatic rings. The van der Waals surface area contributed by atoms with Crippen LogP contribution in [0.15, 0.2) is 12.1 Å². The predicted molar refractivity (Wildman–Crippen MR) is 96.7 cm³/mol. The summed E-state index contributed by atoms with van der Waals surface area (Å²) in [4.78, 5) is 12.0. The standard InChI is InChI=1S/C18H27BFNO4/c1-11-13(19-24-17(5,6)18(7,8)25-19)9-12(20)10-14(11)21-15(22)23-16(2,3)4/h9-10H,1-8H3,(H,21,22). The van der Waals surface area contributed by atoms with Crippen molar-refractivity contribution in [2.75, 3.05) is 5.32 Å². The molecule has 0 atom stereocenters. The Morgan fingerprint density at radius 1 is 1.16 bits per heavy atom. The van der Waals surface area contributed by atoms with Gasteiger partial charge < -0.3 is 14.0 Å². The van der Waals surface area contributed by atoms with Gasteiger partial charge >= 0.3 is 13.2 Å². The van der Waals surface area contributed by atoms with Crippen molar-refractivity contribution in [1.29, 1.82) is 0 Å². The zero-order valence-corrected chi connectivity index (χ0v) is 16.2. The van der Waals surface area contributed by atoms with Gasteiger partial charge in [0.1, 0.15) is 11.4 Å². The normalized spacial score (nSPS) is 19.0. The Hall–Kier alpha value is -1.60. The van der Waals surface area contributed by atoms with Crippen molar-refractivity contribution in [1.82, 2.24) is 0 Å². The summed E-state index contributed by atoms with van der Waals surface area (Å²) in [7, 11) is -0.708. The van der Waals surface area contributed by atoms with Crippen molar-refractivity contribution in [3.63, 3.8) is 0 Å². The first-order valence-corrected chi connectivity index (χ1v) is 8.37. The molecule has 0 radical (unpaired) electrons. The first kappa shape index (κ1) is 19.7. The van der Waals surface area contributed by atoms with Crippen molar-refractivity contribution in [2.24, 2.45) is 0 Å². The number of amides is 1. The Morgan fingerprint density at radius 2 is 1.68 bits per heavy atom. The van der Waals surface area contributed by atoms with Crippen LogP contribution in [0.25, 0.3) is 0 Å². The first-order valence-electron chi connectivity index (χ1n) is 8.37. The third kappa shape index (κ3) is 4.33. The van der Waals surface area contributed by atoms with E-state index in [9.17, 15) is 9.18 Å². The van der Waals surface area contributed by atoms with E-state index in [4.69, 9.17) is 14.0 Å². The van der Waals surface area contributed by atoms with Crippen LogP contribution in [0.4, 0.5) is 14.9 Å². The Labute approximate surface area is 149 Å². The fourth-order valence-electron chi connectivity index (χ4n) is 2.46. The lowest BCUT2D eigenvalue weighted by Crippen LogP contribution is -2.41. The predicted octanol–water partition coefficient (Wildman–Crippen LogP) is 3.78. The van der Waals surface area contributed by atoms with Crippen LogP contribution in [0.5, 0.6) is 0 Å². The molecule has 7 heteroatoms. The molecule has 1 aromatic carbocycles. The van der Waals surface area contributed by atoms with Gasteiger partial charge in [0.25, 0.3) is 0 Å². The number of rotatable bonds is 2. The van der Waals surface area contributed by atoms with Crippen LogP contribution >= 0.6 is 0 Å². The van der Waals surface area contributed by atoms with Gasteiger partial charge in [-0.05, 0) is 78.5 Å². The highest BCUT2D eigenvalue weighted by Crippen LogP contribution is 2.37. The minimum Gasteiger partial charge on any atom is -0.444 e. The molecule has 25 heavy (non-hydrogen) atoms. The Kier molecular flexibility index (Phi) is 4.96. The topological polar surface area (TPSA) is 56.8 Å². The van der Waals surface area contributed by atoms with Crippen molar-refractivity contribution in [2.45, 2.75) is 72.2 Å². The molecule has 0 saturated carbocycles. The van der Waals surface area contributed by atoms with Crippen molar-refractivity contribution in [3.8, 4) is 0 Å². The van der Waals surface area contributed by atoms with E-state index < -0.39 is 35.8 Å². The molecule has 1 saturated heterocycles. The molecule has 1 aromatic rings. The Morgan fingerprint density at radius 3 is 2.16 bits per heavy atom. The molecular formula is C18H27BFNO4. The molecule has 1 amide bonds. The number of halogens is 1. The maximum atomic E-state index is 14.1. The first-order chi connectivity index (χ1) is 11.2. The Bertz CT molecular complexity index is 666. The summed E-state index contributed by atoms with van der Waals surface area (Å²) in [6.45, 7) is 14.8. The van der Waals surface area contributed by atoms with Gasteiger partial charge in [-0.3, -0.25) is 5.32 Å². The summed E-state index contributed by atoms with van der Waals surface area (Å²) < 4.78 is 31.4. The molecule has 1 aliphatic heterocycles. The van der Waals surface area contributed by atoms with Crippen LogP contribution in [-0.4, -0.2) is 30.0 Å². The molecule has 1 heterocycles. The van der Waals surface area contributed by atoms with Crippen LogP contribution in [0.3, 0.4) is 0 Å². The molecule has 5 nitrogen and oxygen atoms in total. The SMILES string of the molecule is Cc1c(NC(=O)OC(C)(C)C)cc(F)cc1B1OC(C)(C)C(C)(C)O1. The number of hydrogen-bond acceptors (Lipinski definition) is 4. The van der Waals surface area contributed by atoms with Crippen LogP contribution in [0.2, 0.25) is 0 Å². The highest BCUT2D eigenvalue weighted by molar-refractivity contribution is 6.62. The maximum Gasteiger partial charge on any atom is 0.495 e. The van der Waals surface area contributed by atoms with E-state index in [1.807, 2.05) is 27.7 Å². The number of anilines is 1. The largest absolute Gasteiger partial charge is 0.495 e. The summed E-state index contributed by atoms with van der Waals surface area (Å²) in [5.41, 5.74) is -0.154. The smallest absolute Gasteiger partial charge is 0.444 e. The molecule has 1 fully saturated rings. The van der Waals surface area contributed by atoms with E-state index in [1.165, 1.54) is 12.1 Å². The van der Waals surface area contributed by atoms with Crippen LogP contribution in [0.1, 0.15) is 54.0 Å². The van der Waals surface area contributed by atoms with Gasteiger partial charge in [0.15, 0.2) is 0 Å². The highest BCUT2D eigenvalue weighted by Gasteiger charge is 2.52. The van der Waals surface area contributed by atoms with Gasteiger partial charge in [-0.2, -0.15) is 0 Å². The lowest BCUT2D eigenvalue weighted by molar-refractivity contribution is 0.00578. The summed E-state index contributed by atoms with van der Waals surface area (Å²) >= 11 is 0. The molecule has 2 rings (SSSR count). The molecule has 0 bridgehead atoms. The van der Waals surface area contributed by atoms with E-state index in [2.05, 4.69) is 5.32 Å². The number of ether oxygens (including phenoxy) is 1. The highest BCUT2D eigenvalue weighted by atomic mass is 19.1. The molecule has 0 spiro atoms. The molecule has 0 aliphatic carbocycles. The summed E-state index contributed by atoms with van der Waals surface area (Å²) in [6, 6.07) is 2.63. The lowest BCUT2D eigenvalue weighted by atomic mass is 9.75. The van der Waals surface area contributed by atoms with Gasteiger partial charge in [-0.15, -0.1) is 0 Å². The lowest BCUT2D eigenvalue weighted by Gasteiger charge is -2.32. The molecule has 0 aromatic heterocycles.